The van der Waals surface area contributed by atoms with E-state index in [0.717, 1.165) is 38.4 Å². The molecule has 97 heavy (non-hydrogen) atoms. The van der Waals surface area contributed by atoms with Gasteiger partial charge >= 0.3 is 0 Å². The lowest BCUT2D eigenvalue weighted by Crippen LogP contribution is -2.04. The van der Waals surface area contributed by atoms with Gasteiger partial charge in [-0.05, 0) is 70.8 Å². The number of hydrogen-bond donors (Lipinski definition) is 0. The van der Waals surface area contributed by atoms with Crippen molar-refractivity contribution in [3.05, 3.63) is 304 Å². The Morgan fingerprint density at radius 3 is 0.907 bits per heavy atom. The number of fused-ring (bicyclic) bond motifs is 10. The normalized spacial score (nSPS) is 10.9. The predicted octanol–water partition coefficient (Wildman–Crippen LogP) is 21.5. The molecule has 0 bridgehead atoms. The average Bonchev–Trinajstić information content (AvgIpc) is 0.729. The summed E-state index contributed by atoms with van der Waals surface area (Å²) in [6.07, 6.45) is 0. The molecule has 0 radical (unpaired) electrons. The summed E-state index contributed by atoms with van der Waals surface area (Å²) in [5.74, 6) is -10.2. The number of benzene rings is 11. The molecule has 0 aliphatic heterocycles. The molecule has 0 fully saturated rings. The van der Waals surface area contributed by atoms with Crippen molar-refractivity contribution in [3.8, 4) is 90.8 Å². The number of halogens is 5. The summed E-state index contributed by atoms with van der Waals surface area (Å²) in [4.78, 5) is 48.7. The molecule has 4 aromatic heterocycles. The summed E-state index contributed by atoms with van der Waals surface area (Å²) >= 11 is 0. The van der Waals surface area contributed by atoms with Crippen molar-refractivity contribution in [1.29, 1.82) is 10.5 Å². The van der Waals surface area contributed by atoms with Gasteiger partial charge in [0, 0.05) is 49.0 Å². The van der Waals surface area contributed by atoms with Gasteiger partial charge in [-0.2, -0.15) is 10.5 Å². The van der Waals surface area contributed by atoms with Gasteiger partial charge in [0.1, 0.15) is 0 Å². The molecular formula is C79H34F5N13. The summed E-state index contributed by atoms with van der Waals surface area (Å²) in [5, 5.41) is 23.1. The molecule has 0 N–H and O–H groups in total. The van der Waals surface area contributed by atoms with Crippen molar-refractivity contribution < 1.29 is 22.0 Å². The van der Waals surface area contributed by atoms with Crippen LogP contribution >= 0.6 is 0 Å². The van der Waals surface area contributed by atoms with E-state index in [9.17, 15) is 32.5 Å². The average molecular weight is 1260 g/mol. The van der Waals surface area contributed by atoms with Gasteiger partial charge < -0.3 is 0 Å². The molecule has 0 aliphatic rings. The second-order valence-electron chi connectivity index (χ2n) is 21.9. The molecule has 0 saturated carbocycles. The van der Waals surface area contributed by atoms with Crippen molar-refractivity contribution in [2.45, 2.75) is 0 Å². The standard InChI is InChI=1S/C42H17F5N6.C37H17N7/c1-49-26-17-15-25(16-18-26)39-40(24-9-7-21(20-48)8-10-24)53-42-32-27-5-3-4-6-29(27)51-38(28(32)19-30(50-2)41(42)52-39)23-13-11-22(12-14-23)31-33(43)35(45)37(47)36(46)34(31)44;1-39-26-16-12-23(13-17-26)33-29-20-31(41-3)36-37(32(29)28-6-4-5-7-30(28)42-33)44-35(24-10-8-22(21-38)9-11-24)34(43-36)25-14-18-27(40-2)19-15-25/h3-19H;4-20H. The zero-order chi connectivity index (χ0) is 67.2. The third kappa shape index (κ3) is 10.5. The largest absolute Gasteiger partial charge is 0.255 e. The fraction of sp³-hybridized carbons (Fsp3) is 0. The molecule has 0 atom stereocenters. The maximum Gasteiger partial charge on any atom is 0.215 e. The number of hydrogen-bond acceptors (Lipinski definition) is 8. The van der Waals surface area contributed by atoms with Crippen LogP contribution in [0.5, 0.6) is 0 Å². The zero-order valence-electron chi connectivity index (χ0n) is 49.8. The van der Waals surface area contributed by atoms with Crippen LogP contribution in [0.15, 0.2) is 206 Å². The molecule has 450 valence electrons. The Kier molecular flexibility index (Phi) is 15.3. The van der Waals surface area contributed by atoms with Crippen molar-refractivity contribution in [2.24, 2.45) is 0 Å². The first-order valence-corrected chi connectivity index (χ1v) is 29.3. The lowest BCUT2D eigenvalue weighted by molar-refractivity contribution is 0.381. The van der Waals surface area contributed by atoms with Gasteiger partial charge in [0.05, 0.1) is 129 Å². The minimum atomic E-state index is -2.24. The molecule has 13 nitrogen and oxygen atoms in total. The Morgan fingerprint density at radius 1 is 0.289 bits per heavy atom. The lowest BCUT2D eigenvalue weighted by atomic mass is 9.95. The molecule has 0 saturated heterocycles. The Morgan fingerprint density at radius 2 is 0.577 bits per heavy atom. The third-order valence-corrected chi connectivity index (χ3v) is 16.5. The second-order valence-corrected chi connectivity index (χ2v) is 21.9. The van der Waals surface area contributed by atoms with E-state index in [1.807, 2.05) is 78.9 Å². The van der Waals surface area contributed by atoms with Gasteiger partial charge in [-0.3, -0.25) is 9.97 Å². The van der Waals surface area contributed by atoms with Crippen LogP contribution in [0.3, 0.4) is 0 Å². The fourth-order valence-electron chi connectivity index (χ4n) is 11.8. The highest BCUT2D eigenvalue weighted by Crippen LogP contribution is 2.46. The SMILES string of the molecule is [C-]#[N+]c1ccc(-c2nc3c([N+]#[C-])cc4c(-c5ccc(-c6c(F)c(F)c(F)c(F)c6F)cc5)nc5ccccc5c4c3nc2-c2ccc(C#N)cc2)cc1.[C-]#[N+]c1ccc(-c2nc3c([N+]#[C-])cc4c(-c5ccc([N+]#[C-])cc5)nc5ccccc5c4c3nc2-c2ccc(C#N)cc2)cc1. The van der Waals surface area contributed by atoms with Crippen molar-refractivity contribution in [2.75, 3.05) is 0 Å². The van der Waals surface area contributed by atoms with Crippen LogP contribution in [-0.4, -0.2) is 29.9 Å². The molecule has 18 heteroatoms. The summed E-state index contributed by atoms with van der Waals surface area (Å²) < 4.78 is 71.2. The Hall–Kier alpha value is -14.5. The number of aromatic nitrogens is 6. The van der Waals surface area contributed by atoms with Crippen molar-refractivity contribution in [3.63, 3.8) is 0 Å². The van der Waals surface area contributed by atoms with Crippen molar-refractivity contribution in [1.82, 2.24) is 29.9 Å². The van der Waals surface area contributed by atoms with E-state index in [4.69, 9.17) is 62.8 Å². The maximum absolute atomic E-state index is 14.7. The fourth-order valence-corrected chi connectivity index (χ4v) is 11.8. The molecule has 15 rings (SSSR count). The first kappa shape index (κ1) is 60.1. The predicted molar refractivity (Wildman–Crippen MR) is 363 cm³/mol. The molecule has 11 aromatic carbocycles. The van der Waals surface area contributed by atoms with Crippen LogP contribution in [0.1, 0.15) is 11.1 Å². The van der Waals surface area contributed by atoms with Crippen LogP contribution < -0.4 is 0 Å². The topological polar surface area (TPSA) is 147 Å². The molecule has 0 spiro atoms. The zero-order valence-corrected chi connectivity index (χ0v) is 49.8. The van der Waals surface area contributed by atoms with Crippen LogP contribution in [0.25, 0.3) is 168 Å². The molecule has 0 amide bonds. The molecule has 4 heterocycles. The van der Waals surface area contributed by atoms with Gasteiger partial charge in [-0.15, -0.1) is 0 Å². The quantitative estimate of drug-likeness (QED) is 0.0504. The van der Waals surface area contributed by atoms with Crippen LogP contribution in [0.4, 0.5) is 50.4 Å². The van der Waals surface area contributed by atoms with E-state index < -0.39 is 34.6 Å². The molecular weight excluding hydrogens is 1230 g/mol. The third-order valence-electron chi connectivity index (χ3n) is 16.5. The summed E-state index contributed by atoms with van der Waals surface area (Å²) in [6, 6.07) is 63.4. The van der Waals surface area contributed by atoms with Gasteiger partial charge in [-0.1, -0.05) is 158 Å². The highest BCUT2D eigenvalue weighted by atomic mass is 19.2. The van der Waals surface area contributed by atoms with Crippen LogP contribution in [-0.2, 0) is 0 Å². The van der Waals surface area contributed by atoms with Crippen molar-refractivity contribution >= 4 is 93.9 Å². The number of nitrogens with zero attached hydrogens (tertiary/aromatic N) is 13. The number of rotatable bonds is 7. The summed E-state index contributed by atoms with van der Waals surface area (Å²) in [5.41, 5.74) is 11.8. The molecule has 0 aliphatic carbocycles. The van der Waals surface area contributed by atoms with E-state index in [0.29, 0.717) is 128 Å². The minimum absolute atomic E-state index is 0.154. The summed E-state index contributed by atoms with van der Waals surface area (Å²) in [7, 11) is 0. The highest BCUT2D eigenvalue weighted by molar-refractivity contribution is 6.25. The van der Waals surface area contributed by atoms with E-state index in [1.165, 1.54) is 24.3 Å². The Balaban J connectivity index is 0.000000169. The number of para-hydroxylation sites is 2. The molecule has 15 aromatic rings. The maximum atomic E-state index is 14.7. The summed E-state index contributed by atoms with van der Waals surface area (Å²) in [6.45, 7) is 38.4. The number of pyridine rings is 2. The first-order chi connectivity index (χ1) is 47.3. The smallest absolute Gasteiger partial charge is 0.215 e. The van der Waals surface area contributed by atoms with E-state index in [1.54, 1.807) is 103 Å². The van der Waals surface area contributed by atoms with E-state index >= 15 is 0 Å². The van der Waals surface area contributed by atoms with Gasteiger partial charge in [0.15, 0.2) is 40.3 Å². The Labute approximate surface area is 547 Å². The van der Waals surface area contributed by atoms with Crippen LogP contribution in [0, 0.1) is 84.6 Å². The first-order valence-electron chi connectivity index (χ1n) is 29.3. The molecule has 0 unspecified atom stereocenters. The van der Waals surface area contributed by atoms with E-state index in [-0.39, 0.29) is 11.3 Å². The monoisotopic (exact) mass is 1260 g/mol. The van der Waals surface area contributed by atoms with Gasteiger partial charge in [-0.25, -0.2) is 66.1 Å². The minimum Gasteiger partial charge on any atom is -0.255 e. The Bertz CT molecular complexity index is 6150. The van der Waals surface area contributed by atoms with Gasteiger partial charge in [0.25, 0.3) is 0 Å². The van der Waals surface area contributed by atoms with Gasteiger partial charge in [0.2, 0.25) is 17.2 Å². The lowest BCUT2D eigenvalue weighted by Gasteiger charge is -2.16. The highest BCUT2D eigenvalue weighted by Gasteiger charge is 2.28. The number of nitriles is 2. The second kappa shape index (κ2) is 24.6. The van der Waals surface area contributed by atoms with Crippen LogP contribution in [0.2, 0.25) is 0 Å². The van der Waals surface area contributed by atoms with E-state index in [2.05, 4.69) is 36.4 Å².